The Bertz CT molecular complexity index is 362. The molecule has 1 aliphatic rings. The molecule has 0 amide bonds. The zero-order chi connectivity index (χ0) is 12.5. The van der Waals surface area contributed by atoms with E-state index in [1.807, 2.05) is 12.1 Å². The van der Waals surface area contributed by atoms with Gasteiger partial charge in [-0.25, -0.2) is 0 Å². The average Bonchev–Trinajstić information content (AvgIpc) is 2.29. The Balaban J connectivity index is 2.08. The van der Waals surface area contributed by atoms with Crippen molar-refractivity contribution in [1.82, 2.24) is 9.88 Å². The molecule has 17 heavy (non-hydrogen) atoms. The molecule has 0 saturated carbocycles. The maximum absolute atomic E-state index is 10.7. The quantitative estimate of drug-likeness (QED) is 0.809. The molecule has 0 unspecified atom stereocenters. The Morgan fingerprint density at radius 2 is 1.94 bits per heavy atom. The largest absolute Gasteiger partial charge is 0.385 e. The number of hydrogen-bond acceptors (Lipinski definition) is 3. The van der Waals surface area contributed by atoms with E-state index >= 15 is 0 Å². The Morgan fingerprint density at radius 3 is 2.41 bits per heavy atom. The van der Waals surface area contributed by atoms with Crippen molar-refractivity contribution in [2.24, 2.45) is 0 Å². The van der Waals surface area contributed by atoms with Gasteiger partial charge in [0, 0.05) is 36.6 Å². The van der Waals surface area contributed by atoms with Crippen LogP contribution in [0.4, 0.5) is 0 Å². The molecule has 1 saturated heterocycles. The highest BCUT2D eigenvalue weighted by Gasteiger charge is 2.36. The first kappa shape index (κ1) is 12.5. The van der Waals surface area contributed by atoms with Gasteiger partial charge in [-0.15, -0.1) is 0 Å². The molecule has 0 radical (unpaired) electrons. The van der Waals surface area contributed by atoms with Crippen LogP contribution in [0.15, 0.2) is 24.5 Å². The summed E-state index contributed by atoms with van der Waals surface area (Å²) in [5.41, 5.74) is 0.459. The molecule has 1 fully saturated rings. The zero-order valence-electron chi connectivity index (χ0n) is 11.0. The highest BCUT2D eigenvalue weighted by Crippen LogP contribution is 2.34. The normalized spacial score (nSPS) is 21.4. The van der Waals surface area contributed by atoms with Gasteiger partial charge >= 0.3 is 0 Å². The fourth-order valence-electron chi connectivity index (χ4n) is 2.47. The van der Waals surface area contributed by atoms with E-state index in [1.54, 1.807) is 12.4 Å². The van der Waals surface area contributed by atoms with Crippen molar-refractivity contribution in [2.75, 3.05) is 13.1 Å². The molecule has 0 aliphatic carbocycles. The van der Waals surface area contributed by atoms with Crippen LogP contribution in [0, 0.1) is 0 Å². The lowest BCUT2D eigenvalue weighted by molar-refractivity contribution is -0.0463. The second-order valence-corrected chi connectivity index (χ2v) is 5.93. The summed E-state index contributed by atoms with van der Waals surface area (Å²) < 4.78 is 0. The number of aromatic nitrogens is 1. The fourth-order valence-corrected chi connectivity index (χ4v) is 2.47. The predicted molar refractivity (Wildman–Crippen MR) is 68.7 cm³/mol. The second kappa shape index (κ2) is 4.39. The fraction of sp³-hybridized carbons (Fsp3) is 0.643. The Hall–Kier alpha value is -0.930. The Labute approximate surface area is 103 Å². The number of pyridine rings is 1. The summed E-state index contributed by atoms with van der Waals surface area (Å²) in [7, 11) is 0. The van der Waals surface area contributed by atoms with Gasteiger partial charge in [-0.3, -0.25) is 9.88 Å². The number of rotatable bonds is 1. The van der Waals surface area contributed by atoms with Crippen LogP contribution < -0.4 is 0 Å². The number of aliphatic hydroxyl groups is 1. The SMILES string of the molecule is CC(C)(C)N1CCC(O)(c2cccnc2)CC1. The third-order valence-corrected chi connectivity index (χ3v) is 3.74. The van der Waals surface area contributed by atoms with E-state index in [0.29, 0.717) is 0 Å². The molecule has 0 aromatic carbocycles. The average molecular weight is 234 g/mol. The van der Waals surface area contributed by atoms with Gasteiger partial charge in [0.25, 0.3) is 0 Å². The molecule has 0 spiro atoms. The van der Waals surface area contributed by atoms with Gasteiger partial charge < -0.3 is 5.11 Å². The molecule has 2 heterocycles. The van der Waals surface area contributed by atoms with E-state index in [1.165, 1.54) is 0 Å². The van der Waals surface area contributed by atoms with Crippen LogP contribution in [-0.2, 0) is 5.60 Å². The van der Waals surface area contributed by atoms with Crippen LogP contribution in [0.2, 0.25) is 0 Å². The lowest BCUT2D eigenvalue weighted by Gasteiger charge is -2.44. The maximum atomic E-state index is 10.7. The van der Waals surface area contributed by atoms with Gasteiger partial charge in [-0.2, -0.15) is 0 Å². The summed E-state index contributed by atoms with van der Waals surface area (Å²) in [5.74, 6) is 0. The molecule has 1 aromatic rings. The third-order valence-electron chi connectivity index (χ3n) is 3.74. The Kier molecular flexibility index (Phi) is 3.23. The number of piperidine rings is 1. The lowest BCUT2D eigenvalue weighted by atomic mass is 9.84. The van der Waals surface area contributed by atoms with Gasteiger partial charge in [0.05, 0.1) is 5.60 Å². The summed E-state index contributed by atoms with van der Waals surface area (Å²) in [5, 5.41) is 10.7. The summed E-state index contributed by atoms with van der Waals surface area (Å²) >= 11 is 0. The highest BCUT2D eigenvalue weighted by molar-refractivity contribution is 5.19. The van der Waals surface area contributed by atoms with Crippen molar-refractivity contribution >= 4 is 0 Å². The Morgan fingerprint density at radius 1 is 1.29 bits per heavy atom. The number of likely N-dealkylation sites (tertiary alicyclic amines) is 1. The van der Waals surface area contributed by atoms with Crippen molar-refractivity contribution < 1.29 is 5.11 Å². The van der Waals surface area contributed by atoms with E-state index in [2.05, 4.69) is 30.7 Å². The molecular formula is C14H22N2O. The first-order valence-electron chi connectivity index (χ1n) is 6.30. The van der Waals surface area contributed by atoms with Crippen LogP contribution in [-0.4, -0.2) is 33.6 Å². The van der Waals surface area contributed by atoms with Crippen LogP contribution in [0.3, 0.4) is 0 Å². The smallest absolute Gasteiger partial charge is 0.0935 e. The summed E-state index contributed by atoms with van der Waals surface area (Å²) in [6.07, 6.45) is 5.11. The second-order valence-electron chi connectivity index (χ2n) is 5.93. The molecule has 1 aliphatic heterocycles. The van der Waals surface area contributed by atoms with Gasteiger partial charge in [-0.05, 0) is 39.7 Å². The molecule has 3 nitrogen and oxygen atoms in total. The third kappa shape index (κ3) is 2.67. The topological polar surface area (TPSA) is 36.4 Å². The van der Waals surface area contributed by atoms with Gasteiger partial charge in [0.15, 0.2) is 0 Å². The van der Waals surface area contributed by atoms with Crippen molar-refractivity contribution in [3.05, 3.63) is 30.1 Å². The van der Waals surface area contributed by atoms with E-state index in [0.717, 1.165) is 31.5 Å². The van der Waals surface area contributed by atoms with Gasteiger partial charge in [0.2, 0.25) is 0 Å². The lowest BCUT2D eigenvalue weighted by Crippen LogP contribution is -2.50. The summed E-state index contributed by atoms with van der Waals surface area (Å²) in [6, 6.07) is 3.86. The molecule has 94 valence electrons. The molecule has 1 aromatic heterocycles. The van der Waals surface area contributed by atoms with E-state index in [4.69, 9.17) is 0 Å². The van der Waals surface area contributed by atoms with E-state index < -0.39 is 5.60 Å². The minimum Gasteiger partial charge on any atom is -0.385 e. The van der Waals surface area contributed by atoms with Crippen molar-refractivity contribution in [3.8, 4) is 0 Å². The van der Waals surface area contributed by atoms with Crippen LogP contribution in [0.1, 0.15) is 39.2 Å². The first-order valence-corrected chi connectivity index (χ1v) is 6.30. The molecule has 2 rings (SSSR count). The van der Waals surface area contributed by atoms with Crippen molar-refractivity contribution in [2.45, 2.75) is 44.8 Å². The highest BCUT2D eigenvalue weighted by atomic mass is 16.3. The van der Waals surface area contributed by atoms with Crippen molar-refractivity contribution in [3.63, 3.8) is 0 Å². The molecule has 1 N–H and O–H groups in total. The standard InChI is InChI=1S/C14H22N2O/c1-13(2,3)16-9-6-14(17,7-10-16)12-5-4-8-15-11-12/h4-5,8,11,17H,6-7,9-10H2,1-3H3. The minimum atomic E-state index is -0.685. The first-order chi connectivity index (χ1) is 7.92. The van der Waals surface area contributed by atoms with Crippen LogP contribution >= 0.6 is 0 Å². The molecular weight excluding hydrogens is 212 g/mol. The van der Waals surface area contributed by atoms with Crippen molar-refractivity contribution in [1.29, 1.82) is 0 Å². The molecule has 0 atom stereocenters. The van der Waals surface area contributed by atoms with Crippen LogP contribution in [0.25, 0.3) is 0 Å². The van der Waals surface area contributed by atoms with Crippen LogP contribution in [0.5, 0.6) is 0 Å². The van der Waals surface area contributed by atoms with E-state index in [-0.39, 0.29) is 5.54 Å². The van der Waals surface area contributed by atoms with Gasteiger partial charge in [-0.1, -0.05) is 6.07 Å². The summed E-state index contributed by atoms with van der Waals surface area (Å²) in [4.78, 5) is 6.53. The zero-order valence-corrected chi connectivity index (χ0v) is 11.0. The monoisotopic (exact) mass is 234 g/mol. The predicted octanol–water partition coefficient (Wildman–Crippen LogP) is 2.16. The molecule has 0 bridgehead atoms. The number of hydrogen-bond donors (Lipinski definition) is 1. The van der Waals surface area contributed by atoms with Gasteiger partial charge in [0.1, 0.15) is 0 Å². The maximum Gasteiger partial charge on any atom is 0.0935 e. The molecule has 3 heteroatoms. The van der Waals surface area contributed by atoms with E-state index in [9.17, 15) is 5.11 Å². The summed E-state index contributed by atoms with van der Waals surface area (Å²) in [6.45, 7) is 8.55. The number of nitrogens with zero attached hydrogens (tertiary/aromatic N) is 2. The minimum absolute atomic E-state index is 0.191.